The molecule has 0 bridgehead atoms. The summed E-state index contributed by atoms with van der Waals surface area (Å²) in [5, 5.41) is 0. The molecule has 0 N–H and O–H groups in total. The minimum atomic E-state index is 0.839. The van der Waals surface area contributed by atoms with Crippen molar-refractivity contribution in [2.45, 2.75) is 40.0 Å². The Kier molecular flexibility index (Phi) is 5.91. The van der Waals surface area contributed by atoms with Gasteiger partial charge in [-0.1, -0.05) is 44.6 Å². The molecule has 0 heterocycles. The molecule has 0 aliphatic carbocycles. The molecule has 0 unspecified atom stereocenters. The average molecular weight is 152 g/mol. The molecule has 0 aliphatic rings. The van der Waals surface area contributed by atoms with Crippen LogP contribution in [-0.4, -0.2) is 0 Å². The van der Waals surface area contributed by atoms with Crippen molar-refractivity contribution in [1.29, 1.82) is 0 Å². The lowest BCUT2D eigenvalue weighted by Gasteiger charge is -2.03. The quantitative estimate of drug-likeness (QED) is 0.523. The van der Waals surface area contributed by atoms with Crippen LogP contribution in [0.3, 0.4) is 0 Å². The van der Waals surface area contributed by atoms with E-state index in [2.05, 4.69) is 33.4 Å². The Morgan fingerprint density at radius 3 is 2.55 bits per heavy atom. The SMILES string of the molecule is C=C/C=C(\C)CCCC(C)C. The fraction of sp³-hybridized carbons (Fsp3) is 0.636. The predicted octanol–water partition coefficient (Wildman–Crippen LogP) is 3.95. The summed E-state index contributed by atoms with van der Waals surface area (Å²) in [6.07, 6.45) is 7.84. The third-order valence-electron chi connectivity index (χ3n) is 1.75. The number of rotatable bonds is 5. The van der Waals surface area contributed by atoms with Crippen LogP contribution in [0, 0.1) is 5.92 Å². The van der Waals surface area contributed by atoms with E-state index in [1.54, 1.807) is 0 Å². The van der Waals surface area contributed by atoms with E-state index < -0.39 is 0 Å². The first kappa shape index (κ1) is 10.5. The molecule has 0 amide bonds. The van der Waals surface area contributed by atoms with Gasteiger partial charge in [0.05, 0.1) is 0 Å². The molecule has 64 valence electrons. The van der Waals surface area contributed by atoms with E-state index in [4.69, 9.17) is 0 Å². The Morgan fingerprint density at radius 2 is 2.09 bits per heavy atom. The highest BCUT2D eigenvalue weighted by Crippen LogP contribution is 2.11. The summed E-state index contributed by atoms with van der Waals surface area (Å²) in [7, 11) is 0. The molecule has 0 radical (unpaired) electrons. The van der Waals surface area contributed by atoms with E-state index in [1.165, 1.54) is 24.8 Å². The molecule has 0 aromatic rings. The van der Waals surface area contributed by atoms with Crippen LogP contribution in [0.2, 0.25) is 0 Å². The molecule has 0 saturated carbocycles. The Labute approximate surface area is 71.0 Å². The average Bonchev–Trinajstić information content (AvgIpc) is 1.87. The second-order valence-electron chi connectivity index (χ2n) is 3.53. The van der Waals surface area contributed by atoms with E-state index in [9.17, 15) is 0 Å². The first-order chi connectivity index (χ1) is 5.16. The maximum absolute atomic E-state index is 3.67. The molecule has 0 aliphatic heterocycles. The first-order valence-electron chi connectivity index (χ1n) is 4.45. The van der Waals surface area contributed by atoms with E-state index >= 15 is 0 Å². The van der Waals surface area contributed by atoms with Gasteiger partial charge in [-0.05, 0) is 25.7 Å². The second kappa shape index (κ2) is 6.21. The van der Waals surface area contributed by atoms with Gasteiger partial charge in [0.1, 0.15) is 0 Å². The van der Waals surface area contributed by atoms with Crippen LogP contribution in [0.1, 0.15) is 40.0 Å². The fourth-order valence-electron chi connectivity index (χ4n) is 1.07. The smallest absolute Gasteiger partial charge is 0.0320 e. The van der Waals surface area contributed by atoms with Gasteiger partial charge in [0.15, 0.2) is 0 Å². The third-order valence-corrected chi connectivity index (χ3v) is 1.75. The van der Waals surface area contributed by atoms with Crippen LogP contribution in [0.4, 0.5) is 0 Å². The number of allylic oxidation sites excluding steroid dienone is 3. The van der Waals surface area contributed by atoms with Gasteiger partial charge < -0.3 is 0 Å². The molecule has 0 nitrogen and oxygen atoms in total. The summed E-state index contributed by atoms with van der Waals surface area (Å²) in [4.78, 5) is 0. The Bertz CT molecular complexity index is 129. The molecule has 0 spiro atoms. The van der Waals surface area contributed by atoms with Crippen LogP contribution in [0.25, 0.3) is 0 Å². The van der Waals surface area contributed by atoms with Crippen molar-refractivity contribution in [2.24, 2.45) is 5.92 Å². The van der Waals surface area contributed by atoms with Gasteiger partial charge >= 0.3 is 0 Å². The van der Waals surface area contributed by atoms with Gasteiger partial charge in [-0.25, -0.2) is 0 Å². The summed E-state index contributed by atoms with van der Waals surface area (Å²) in [5.74, 6) is 0.839. The first-order valence-corrected chi connectivity index (χ1v) is 4.45. The van der Waals surface area contributed by atoms with Gasteiger partial charge in [-0.3, -0.25) is 0 Å². The number of hydrogen-bond donors (Lipinski definition) is 0. The zero-order chi connectivity index (χ0) is 8.69. The maximum atomic E-state index is 3.67. The highest BCUT2D eigenvalue weighted by Gasteiger charge is 1.93. The lowest BCUT2D eigenvalue weighted by atomic mass is 10.0. The molecule has 0 fully saturated rings. The van der Waals surface area contributed by atoms with E-state index in [1.807, 2.05) is 6.08 Å². The van der Waals surface area contributed by atoms with Crippen LogP contribution in [-0.2, 0) is 0 Å². The number of hydrogen-bond acceptors (Lipinski definition) is 0. The summed E-state index contributed by atoms with van der Waals surface area (Å²) in [6.45, 7) is 10.4. The topological polar surface area (TPSA) is 0 Å². The Morgan fingerprint density at radius 1 is 1.45 bits per heavy atom. The van der Waals surface area contributed by atoms with Crippen molar-refractivity contribution < 1.29 is 0 Å². The largest absolute Gasteiger partial charge is 0.0991 e. The van der Waals surface area contributed by atoms with Crippen molar-refractivity contribution in [2.75, 3.05) is 0 Å². The van der Waals surface area contributed by atoms with Crippen molar-refractivity contribution in [3.63, 3.8) is 0 Å². The summed E-state index contributed by atoms with van der Waals surface area (Å²) in [5.41, 5.74) is 1.45. The van der Waals surface area contributed by atoms with Gasteiger partial charge in [0.25, 0.3) is 0 Å². The van der Waals surface area contributed by atoms with Gasteiger partial charge in [-0.2, -0.15) is 0 Å². The molecular formula is C11H20. The van der Waals surface area contributed by atoms with Gasteiger partial charge in [0, 0.05) is 0 Å². The minimum absolute atomic E-state index is 0.839. The highest BCUT2D eigenvalue weighted by atomic mass is 14.0. The molecule has 0 atom stereocenters. The van der Waals surface area contributed by atoms with Crippen LogP contribution in [0.5, 0.6) is 0 Å². The molecule has 0 saturated heterocycles. The second-order valence-corrected chi connectivity index (χ2v) is 3.53. The standard InChI is InChI=1S/C11H20/c1-5-7-11(4)9-6-8-10(2)3/h5,7,10H,1,6,8-9H2,2-4H3/b11-7+. The maximum Gasteiger partial charge on any atom is -0.0320 e. The van der Waals surface area contributed by atoms with Gasteiger partial charge in [-0.15, -0.1) is 0 Å². The Balaban J connectivity index is 3.38. The van der Waals surface area contributed by atoms with Crippen LogP contribution in [0.15, 0.2) is 24.3 Å². The van der Waals surface area contributed by atoms with Crippen molar-refractivity contribution in [3.05, 3.63) is 24.3 Å². The van der Waals surface area contributed by atoms with Crippen LogP contribution < -0.4 is 0 Å². The summed E-state index contributed by atoms with van der Waals surface area (Å²) < 4.78 is 0. The van der Waals surface area contributed by atoms with Crippen LogP contribution >= 0.6 is 0 Å². The van der Waals surface area contributed by atoms with E-state index in [0.717, 1.165) is 5.92 Å². The lowest BCUT2D eigenvalue weighted by Crippen LogP contribution is -1.87. The zero-order valence-corrected chi connectivity index (χ0v) is 8.06. The normalized spacial score (nSPS) is 12.2. The van der Waals surface area contributed by atoms with Crippen molar-refractivity contribution in [1.82, 2.24) is 0 Å². The molecular weight excluding hydrogens is 132 g/mol. The molecule has 0 aromatic carbocycles. The minimum Gasteiger partial charge on any atom is -0.0991 e. The molecule has 11 heavy (non-hydrogen) atoms. The summed E-state index contributed by atoms with van der Waals surface area (Å²) in [6, 6.07) is 0. The highest BCUT2D eigenvalue weighted by molar-refractivity contribution is 5.07. The predicted molar refractivity (Wildman–Crippen MR) is 52.6 cm³/mol. The van der Waals surface area contributed by atoms with E-state index in [-0.39, 0.29) is 0 Å². The van der Waals surface area contributed by atoms with Gasteiger partial charge in [0.2, 0.25) is 0 Å². The molecule has 0 heteroatoms. The fourth-order valence-corrected chi connectivity index (χ4v) is 1.07. The van der Waals surface area contributed by atoms with Crippen molar-refractivity contribution >= 4 is 0 Å². The molecule has 0 rings (SSSR count). The van der Waals surface area contributed by atoms with E-state index in [0.29, 0.717) is 0 Å². The zero-order valence-electron chi connectivity index (χ0n) is 8.06. The summed E-state index contributed by atoms with van der Waals surface area (Å²) >= 11 is 0. The molecule has 0 aromatic heterocycles. The third kappa shape index (κ3) is 7.38. The lowest BCUT2D eigenvalue weighted by molar-refractivity contribution is 0.555. The van der Waals surface area contributed by atoms with Crippen molar-refractivity contribution in [3.8, 4) is 0 Å². The Hall–Kier alpha value is -0.520. The monoisotopic (exact) mass is 152 g/mol.